The summed E-state index contributed by atoms with van der Waals surface area (Å²) in [7, 11) is 1.59. The third-order valence-electron chi connectivity index (χ3n) is 2.53. The van der Waals surface area contributed by atoms with E-state index in [1.54, 1.807) is 7.11 Å². The average Bonchev–Trinajstić information content (AvgIpc) is 2.82. The Balaban J connectivity index is 2.04. The number of amides is 1. The molecule has 0 saturated carbocycles. The fourth-order valence-electron chi connectivity index (χ4n) is 1.59. The number of methoxy groups -OCH3 is 1. The Morgan fingerprint density at radius 3 is 2.94 bits per heavy atom. The van der Waals surface area contributed by atoms with E-state index in [2.05, 4.69) is 15.5 Å². The number of aromatic amines is 1. The van der Waals surface area contributed by atoms with Crippen LogP contribution in [-0.4, -0.2) is 23.2 Å². The lowest BCUT2D eigenvalue weighted by Gasteiger charge is -2.09. The molecular weight excluding hydrogens is 232 g/mol. The largest absolute Gasteiger partial charge is 0.496 e. The molecule has 18 heavy (non-hydrogen) atoms. The minimum Gasteiger partial charge on any atom is -0.496 e. The Labute approximate surface area is 104 Å². The normalized spacial score (nSPS) is 10.1. The van der Waals surface area contributed by atoms with Crippen LogP contribution in [0.2, 0.25) is 0 Å². The van der Waals surface area contributed by atoms with Crippen molar-refractivity contribution in [1.29, 1.82) is 0 Å². The number of nitrogens with zero attached hydrogens (tertiary/aromatic N) is 1. The second-order valence-corrected chi connectivity index (χ2v) is 3.69. The van der Waals surface area contributed by atoms with E-state index in [-0.39, 0.29) is 11.6 Å². The van der Waals surface area contributed by atoms with Crippen LogP contribution < -0.4 is 15.8 Å². The minimum absolute atomic E-state index is 0.268. The highest BCUT2D eigenvalue weighted by Gasteiger charge is 2.11. The molecule has 1 aromatic carbocycles. The summed E-state index contributed by atoms with van der Waals surface area (Å²) in [5.74, 6) is 0.436. The number of aromatic nitrogens is 2. The van der Waals surface area contributed by atoms with Crippen LogP contribution in [0.5, 0.6) is 5.75 Å². The fourth-order valence-corrected chi connectivity index (χ4v) is 1.59. The molecule has 0 atom stereocenters. The summed E-state index contributed by atoms with van der Waals surface area (Å²) in [5.41, 5.74) is 7.08. The summed E-state index contributed by atoms with van der Waals surface area (Å²) in [6, 6.07) is 7.48. The van der Waals surface area contributed by atoms with Crippen LogP contribution in [0.3, 0.4) is 0 Å². The molecule has 4 N–H and O–H groups in total. The van der Waals surface area contributed by atoms with Crippen LogP contribution in [0, 0.1) is 0 Å². The number of nitrogens with two attached hydrogens (primary N) is 1. The first-order valence-corrected chi connectivity index (χ1v) is 5.41. The van der Waals surface area contributed by atoms with Crippen molar-refractivity contribution in [3.63, 3.8) is 0 Å². The molecule has 94 valence electrons. The molecule has 6 nitrogen and oxygen atoms in total. The molecule has 2 aromatic rings. The van der Waals surface area contributed by atoms with E-state index in [9.17, 15) is 4.79 Å². The van der Waals surface area contributed by atoms with Gasteiger partial charge in [-0.2, -0.15) is 5.10 Å². The van der Waals surface area contributed by atoms with Gasteiger partial charge in [0.05, 0.1) is 19.0 Å². The molecule has 0 bridgehead atoms. The number of para-hydroxylation sites is 1. The third-order valence-corrected chi connectivity index (χ3v) is 2.53. The molecular formula is C12H14N4O2. The van der Waals surface area contributed by atoms with Gasteiger partial charge in [0.25, 0.3) is 5.91 Å². The SMILES string of the molecule is COc1ccccc1CNC(=O)c1[nH]ncc1N. The van der Waals surface area contributed by atoms with E-state index in [0.717, 1.165) is 11.3 Å². The Morgan fingerprint density at radius 1 is 1.50 bits per heavy atom. The number of ether oxygens (including phenoxy) is 1. The summed E-state index contributed by atoms with van der Waals surface area (Å²) in [6.45, 7) is 0.362. The number of carbonyl (C=O) groups excluding carboxylic acids is 1. The number of nitrogen functional groups attached to an aromatic ring is 1. The predicted octanol–water partition coefficient (Wildman–Crippen LogP) is 0.931. The van der Waals surface area contributed by atoms with Crippen molar-refractivity contribution in [3.8, 4) is 5.75 Å². The second kappa shape index (κ2) is 5.22. The molecule has 1 heterocycles. The number of anilines is 1. The van der Waals surface area contributed by atoms with Crippen molar-refractivity contribution >= 4 is 11.6 Å². The fraction of sp³-hybridized carbons (Fsp3) is 0.167. The predicted molar refractivity (Wildman–Crippen MR) is 67.2 cm³/mol. The van der Waals surface area contributed by atoms with Gasteiger partial charge in [0.1, 0.15) is 11.4 Å². The van der Waals surface area contributed by atoms with Gasteiger partial charge in [0.2, 0.25) is 0 Å². The minimum atomic E-state index is -0.295. The number of rotatable bonds is 4. The van der Waals surface area contributed by atoms with E-state index in [1.807, 2.05) is 24.3 Å². The first-order valence-electron chi connectivity index (χ1n) is 5.41. The monoisotopic (exact) mass is 246 g/mol. The molecule has 0 aliphatic heterocycles. The van der Waals surface area contributed by atoms with Crippen molar-refractivity contribution in [1.82, 2.24) is 15.5 Å². The molecule has 0 spiro atoms. The molecule has 6 heteroatoms. The van der Waals surface area contributed by atoms with Gasteiger partial charge < -0.3 is 15.8 Å². The topological polar surface area (TPSA) is 93.0 Å². The van der Waals surface area contributed by atoms with Crippen molar-refractivity contribution in [2.45, 2.75) is 6.54 Å². The van der Waals surface area contributed by atoms with E-state index in [4.69, 9.17) is 10.5 Å². The molecule has 0 fully saturated rings. The van der Waals surface area contributed by atoms with Crippen molar-refractivity contribution in [2.24, 2.45) is 0 Å². The molecule has 0 radical (unpaired) electrons. The number of carbonyl (C=O) groups is 1. The third kappa shape index (κ3) is 2.42. The first kappa shape index (κ1) is 12.0. The molecule has 1 amide bonds. The van der Waals surface area contributed by atoms with Crippen LogP contribution in [0.25, 0.3) is 0 Å². The van der Waals surface area contributed by atoms with Gasteiger partial charge in [-0.15, -0.1) is 0 Å². The van der Waals surface area contributed by atoms with Gasteiger partial charge >= 0.3 is 0 Å². The Bertz CT molecular complexity index is 551. The van der Waals surface area contributed by atoms with Crippen molar-refractivity contribution in [3.05, 3.63) is 41.7 Å². The summed E-state index contributed by atoms with van der Waals surface area (Å²) in [5, 5.41) is 8.99. The summed E-state index contributed by atoms with van der Waals surface area (Å²) in [6.07, 6.45) is 1.40. The highest BCUT2D eigenvalue weighted by molar-refractivity contribution is 5.96. The van der Waals surface area contributed by atoms with E-state index in [1.165, 1.54) is 6.20 Å². The summed E-state index contributed by atoms with van der Waals surface area (Å²) >= 11 is 0. The lowest BCUT2D eigenvalue weighted by molar-refractivity contribution is 0.0946. The maximum Gasteiger partial charge on any atom is 0.271 e. The van der Waals surface area contributed by atoms with E-state index >= 15 is 0 Å². The van der Waals surface area contributed by atoms with Gasteiger partial charge in [-0.3, -0.25) is 9.89 Å². The Hall–Kier alpha value is -2.50. The number of benzene rings is 1. The highest BCUT2D eigenvalue weighted by atomic mass is 16.5. The highest BCUT2D eigenvalue weighted by Crippen LogP contribution is 2.17. The maximum atomic E-state index is 11.8. The van der Waals surface area contributed by atoms with Crippen LogP contribution in [-0.2, 0) is 6.54 Å². The van der Waals surface area contributed by atoms with Gasteiger partial charge in [-0.05, 0) is 6.07 Å². The van der Waals surface area contributed by atoms with E-state index in [0.29, 0.717) is 12.2 Å². The zero-order valence-electron chi connectivity index (χ0n) is 9.93. The maximum absolute atomic E-state index is 11.8. The van der Waals surface area contributed by atoms with Gasteiger partial charge in [0, 0.05) is 12.1 Å². The summed E-state index contributed by atoms with van der Waals surface area (Å²) < 4.78 is 5.20. The van der Waals surface area contributed by atoms with Crippen molar-refractivity contribution < 1.29 is 9.53 Å². The number of nitrogens with one attached hydrogen (secondary N) is 2. The number of H-pyrrole nitrogens is 1. The Kier molecular flexibility index (Phi) is 3.47. The van der Waals surface area contributed by atoms with Crippen LogP contribution in [0.15, 0.2) is 30.5 Å². The second-order valence-electron chi connectivity index (χ2n) is 3.69. The molecule has 0 saturated heterocycles. The van der Waals surface area contributed by atoms with Crippen LogP contribution in [0.4, 0.5) is 5.69 Å². The molecule has 0 aliphatic carbocycles. The lowest BCUT2D eigenvalue weighted by atomic mass is 10.2. The van der Waals surface area contributed by atoms with Crippen LogP contribution in [0.1, 0.15) is 16.1 Å². The smallest absolute Gasteiger partial charge is 0.271 e. The first-order chi connectivity index (χ1) is 8.72. The van der Waals surface area contributed by atoms with E-state index < -0.39 is 0 Å². The average molecular weight is 246 g/mol. The van der Waals surface area contributed by atoms with Gasteiger partial charge in [-0.25, -0.2) is 0 Å². The Morgan fingerprint density at radius 2 is 2.28 bits per heavy atom. The quantitative estimate of drug-likeness (QED) is 0.748. The zero-order valence-corrected chi connectivity index (χ0v) is 9.93. The standard InChI is InChI=1S/C12H14N4O2/c1-18-10-5-3-2-4-8(10)6-14-12(17)11-9(13)7-15-16-11/h2-5,7H,6,13H2,1H3,(H,14,17)(H,15,16). The van der Waals surface area contributed by atoms with Gasteiger partial charge in [0.15, 0.2) is 0 Å². The van der Waals surface area contributed by atoms with Gasteiger partial charge in [-0.1, -0.05) is 18.2 Å². The lowest BCUT2D eigenvalue weighted by Crippen LogP contribution is -2.24. The molecule has 1 aromatic heterocycles. The molecule has 0 aliphatic rings. The number of hydrogen-bond acceptors (Lipinski definition) is 4. The van der Waals surface area contributed by atoms with Crippen LogP contribution >= 0.6 is 0 Å². The molecule has 2 rings (SSSR count). The zero-order chi connectivity index (χ0) is 13.0. The summed E-state index contributed by atoms with van der Waals surface area (Å²) in [4.78, 5) is 11.8. The molecule has 0 unspecified atom stereocenters. The van der Waals surface area contributed by atoms with Crippen molar-refractivity contribution in [2.75, 3.05) is 12.8 Å². The number of hydrogen-bond donors (Lipinski definition) is 3.